The predicted molar refractivity (Wildman–Crippen MR) is 80.0 cm³/mol. The van der Waals surface area contributed by atoms with Crippen molar-refractivity contribution in [3.8, 4) is 0 Å². The van der Waals surface area contributed by atoms with Gasteiger partial charge in [-0.15, -0.1) is 0 Å². The maximum absolute atomic E-state index is 3.73. The van der Waals surface area contributed by atoms with Crippen LogP contribution in [0, 0.1) is 0 Å². The van der Waals surface area contributed by atoms with Crippen molar-refractivity contribution in [3.63, 3.8) is 0 Å². The molecule has 0 bridgehead atoms. The molecular weight excluding hydrogens is 204 g/mol. The Hall–Kier alpha value is -1.56. The fourth-order valence-corrected chi connectivity index (χ4v) is 1.35. The molecule has 0 atom stereocenters. The van der Waals surface area contributed by atoms with E-state index in [4.69, 9.17) is 0 Å². The maximum atomic E-state index is 3.73. The average Bonchev–Trinajstić information content (AvgIpc) is 2.31. The summed E-state index contributed by atoms with van der Waals surface area (Å²) in [6.07, 6.45) is 20.8. The Morgan fingerprint density at radius 3 is 2.47 bits per heavy atom. The van der Waals surface area contributed by atoms with Crippen LogP contribution >= 0.6 is 0 Å². The van der Waals surface area contributed by atoms with Crippen LogP contribution in [0.5, 0.6) is 0 Å². The molecule has 0 saturated carbocycles. The molecule has 92 valence electrons. The molecule has 0 unspecified atom stereocenters. The molecule has 0 aliphatic rings. The quantitative estimate of drug-likeness (QED) is 0.502. The summed E-state index contributed by atoms with van der Waals surface area (Å²) in [5, 5.41) is 0. The highest BCUT2D eigenvalue weighted by atomic mass is 13.9. The van der Waals surface area contributed by atoms with E-state index in [-0.39, 0.29) is 0 Å². The van der Waals surface area contributed by atoms with Crippen molar-refractivity contribution in [2.24, 2.45) is 0 Å². The van der Waals surface area contributed by atoms with Gasteiger partial charge >= 0.3 is 0 Å². The van der Waals surface area contributed by atoms with Gasteiger partial charge in [-0.05, 0) is 32.3 Å². The Morgan fingerprint density at radius 1 is 1.12 bits per heavy atom. The average molecular weight is 228 g/mol. The molecule has 0 aromatic heterocycles. The van der Waals surface area contributed by atoms with Crippen molar-refractivity contribution in [2.45, 2.75) is 33.6 Å². The minimum atomic E-state index is 0.947. The van der Waals surface area contributed by atoms with Gasteiger partial charge in [0.25, 0.3) is 0 Å². The Labute approximate surface area is 106 Å². The van der Waals surface area contributed by atoms with Crippen LogP contribution in [0.25, 0.3) is 0 Å². The molecule has 0 fully saturated rings. The second-order valence-electron chi connectivity index (χ2n) is 3.83. The lowest BCUT2D eigenvalue weighted by atomic mass is 10.1. The highest BCUT2D eigenvalue weighted by Gasteiger charge is 1.86. The van der Waals surface area contributed by atoms with Crippen LogP contribution in [-0.2, 0) is 0 Å². The van der Waals surface area contributed by atoms with E-state index in [0.717, 1.165) is 12.8 Å². The number of rotatable bonds is 7. The van der Waals surface area contributed by atoms with Crippen LogP contribution < -0.4 is 0 Å². The van der Waals surface area contributed by atoms with Gasteiger partial charge in [0.15, 0.2) is 0 Å². The molecule has 0 N–H and O–H groups in total. The molecular formula is C17H24. The van der Waals surface area contributed by atoms with Crippen LogP contribution in [0.4, 0.5) is 0 Å². The van der Waals surface area contributed by atoms with Gasteiger partial charge in [0.1, 0.15) is 0 Å². The van der Waals surface area contributed by atoms with E-state index in [2.05, 4.69) is 63.0 Å². The van der Waals surface area contributed by atoms with E-state index < -0.39 is 0 Å². The molecule has 0 heterocycles. The standard InChI is InChI=1S/C17H24/c1-5-8-14-17(12-7-3)15-10-9-13-16(4)11-6-2/h6-14H,3,5,15H2,1-2,4H3/b10-9+,11-6-,14-8-,16-13-,17-12+. The molecule has 0 amide bonds. The largest absolute Gasteiger partial charge is 0.0991 e. The molecule has 17 heavy (non-hydrogen) atoms. The summed E-state index contributed by atoms with van der Waals surface area (Å²) in [4.78, 5) is 0. The Kier molecular flexibility index (Phi) is 9.94. The Balaban J connectivity index is 4.36. The molecule has 0 aliphatic heterocycles. The van der Waals surface area contributed by atoms with E-state index in [1.165, 1.54) is 11.1 Å². The monoisotopic (exact) mass is 228 g/mol. The molecule has 0 heteroatoms. The predicted octanol–water partition coefficient (Wildman–Crippen LogP) is 5.53. The topological polar surface area (TPSA) is 0 Å². The summed E-state index contributed by atoms with van der Waals surface area (Å²) in [6.45, 7) is 10.0. The van der Waals surface area contributed by atoms with Gasteiger partial charge in [0.2, 0.25) is 0 Å². The maximum Gasteiger partial charge on any atom is -0.00944 e. The molecule has 0 rings (SSSR count). The molecule has 0 spiro atoms. The first-order valence-corrected chi connectivity index (χ1v) is 6.18. The number of allylic oxidation sites excluding steroid dienone is 11. The van der Waals surface area contributed by atoms with Crippen LogP contribution in [0.1, 0.15) is 33.6 Å². The fourth-order valence-electron chi connectivity index (χ4n) is 1.35. The van der Waals surface area contributed by atoms with Crippen molar-refractivity contribution in [3.05, 3.63) is 72.4 Å². The normalized spacial score (nSPS) is 14.3. The first-order chi connectivity index (χ1) is 8.24. The summed E-state index contributed by atoms with van der Waals surface area (Å²) in [5.41, 5.74) is 2.55. The van der Waals surface area contributed by atoms with E-state index >= 15 is 0 Å². The summed E-state index contributed by atoms with van der Waals surface area (Å²) < 4.78 is 0. The molecule has 0 aliphatic carbocycles. The van der Waals surface area contributed by atoms with Crippen LogP contribution in [0.15, 0.2) is 72.4 Å². The van der Waals surface area contributed by atoms with E-state index in [1.54, 1.807) is 0 Å². The molecule has 0 aromatic rings. The first-order valence-electron chi connectivity index (χ1n) is 6.18. The fraction of sp³-hybridized carbons (Fsp3) is 0.294. The smallest absolute Gasteiger partial charge is 0.00944 e. The van der Waals surface area contributed by atoms with Gasteiger partial charge in [0.05, 0.1) is 0 Å². The summed E-state index contributed by atoms with van der Waals surface area (Å²) in [5.74, 6) is 0. The van der Waals surface area contributed by atoms with Gasteiger partial charge in [0, 0.05) is 0 Å². The van der Waals surface area contributed by atoms with Gasteiger partial charge in [-0.3, -0.25) is 0 Å². The van der Waals surface area contributed by atoms with Gasteiger partial charge in [-0.1, -0.05) is 73.8 Å². The van der Waals surface area contributed by atoms with Crippen molar-refractivity contribution >= 4 is 0 Å². The second-order valence-corrected chi connectivity index (χ2v) is 3.83. The third kappa shape index (κ3) is 9.37. The third-order valence-electron chi connectivity index (χ3n) is 2.18. The highest BCUT2D eigenvalue weighted by Crippen LogP contribution is 2.06. The summed E-state index contributed by atoms with van der Waals surface area (Å²) in [6, 6.07) is 0. The van der Waals surface area contributed by atoms with Crippen LogP contribution in [-0.4, -0.2) is 0 Å². The molecule has 0 saturated heterocycles. The van der Waals surface area contributed by atoms with Gasteiger partial charge in [-0.2, -0.15) is 0 Å². The zero-order chi connectivity index (χ0) is 12.9. The van der Waals surface area contributed by atoms with E-state index in [0.29, 0.717) is 0 Å². The number of hydrogen-bond acceptors (Lipinski definition) is 0. The summed E-state index contributed by atoms with van der Waals surface area (Å²) in [7, 11) is 0. The lowest BCUT2D eigenvalue weighted by Gasteiger charge is -1.95. The molecule has 0 nitrogen and oxygen atoms in total. The Morgan fingerprint density at radius 2 is 1.88 bits per heavy atom. The third-order valence-corrected chi connectivity index (χ3v) is 2.18. The highest BCUT2D eigenvalue weighted by molar-refractivity contribution is 5.27. The zero-order valence-electron chi connectivity index (χ0n) is 11.3. The lowest BCUT2D eigenvalue weighted by Crippen LogP contribution is -1.75. The van der Waals surface area contributed by atoms with Crippen molar-refractivity contribution in [1.82, 2.24) is 0 Å². The zero-order valence-corrected chi connectivity index (χ0v) is 11.3. The summed E-state index contributed by atoms with van der Waals surface area (Å²) >= 11 is 0. The minimum absolute atomic E-state index is 0.947. The molecule has 0 radical (unpaired) electrons. The van der Waals surface area contributed by atoms with E-state index in [9.17, 15) is 0 Å². The lowest BCUT2D eigenvalue weighted by molar-refractivity contribution is 1.20. The Bertz CT molecular complexity index is 346. The van der Waals surface area contributed by atoms with Crippen LogP contribution in [0.3, 0.4) is 0 Å². The van der Waals surface area contributed by atoms with Crippen molar-refractivity contribution in [2.75, 3.05) is 0 Å². The first kappa shape index (κ1) is 15.4. The second kappa shape index (κ2) is 10.9. The van der Waals surface area contributed by atoms with E-state index in [1.807, 2.05) is 19.1 Å². The van der Waals surface area contributed by atoms with Gasteiger partial charge in [-0.25, -0.2) is 0 Å². The van der Waals surface area contributed by atoms with Crippen LogP contribution in [0.2, 0.25) is 0 Å². The van der Waals surface area contributed by atoms with Crippen molar-refractivity contribution < 1.29 is 0 Å². The minimum Gasteiger partial charge on any atom is -0.0991 e. The van der Waals surface area contributed by atoms with Crippen molar-refractivity contribution in [1.29, 1.82) is 0 Å². The van der Waals surface area contributed by atoms with Gasteiger partial charge < -0.3 is 0 Å². The number of hydrogen-bond donors (Lipinski definition) is 0. The SMILES string of the molecule is C=C/C=C(\C=C/CC)C/C=C/C=C(C)\C=C/C. The molecule has 0 aromatic carbocycles.